The van der Waals surface area contributed by atoms with E-state index in [1.807, 2.05) is 54.6 Å². The van der Waals surface area contributed by atoms with Crippen LogP contribution in [0.2, 0.25) is 0 Å². The van der Waals surface area contributed by atoms with Gasteiger partial charge in [0.05, 0.1) is 11.4 Å². The van der Waals surface area contributed by atoms with Crippen molar-refractivity contribution in [2.24, 2.45) is 0 Å². The van der Waals surface area contributed by atoms with Gasteiger partial charge < -0.3 is 0 Å². The van der Waals surface area contributed by atoms with Crippen molar-refractivity contribution in [2.75, 3.05) is 11.4 Å². The number of hydrogen-bond donors (Lipinski definition) is 0. The molecule has 2 rings (SSSR count). The first-order chi connectivity index (χ1) is 10.0. The first-order valence-corrected chi connectivity index (χ1v) is 8.73. The summed E-state index contributed by atoms with van der Waals surface area (Å²) in [7, 11) is -1.75. The zero-order valence-corrected chi connectivity index (χ0v) is 13.3. The van der Waals surface area contributed by atoms with E-state index in [2.05, 4.69) is 6.92 Å². The van der Waals surface area contributed by atoms with E-state index in [1.54, 1.807) is 7.05 Å². The van der Waals surface area contributed by atoms with Crippen molar-refractivity contribution in [1.82, 2.24) is 0 Å². The van der Waals surface area contributed by atoms with Crippen LogP contribution >= 0.6 is 0 Å². The van der Waals surface area contributed by atoms with E-state index < -0.39 is 10.0 Å². The number of sulfonamides is 1. The Morgan fingerprint density at radius 3 is 2.29 bits per heavy atom. The van der Waals surface area contributed by atoms with Crippen molar-refractivity contribution in [3.63, 3.8) is 0 Å². The highest BCUT2D eigenvalue weighted by atomic mass is 32.2. The molecular formula is C17H21NO2S. The van der Waals surface area contributed by atoms with E-state index in [1.165, 1.54) is 4.31 Å². The number of aryl methyl sites for hydroxylation is 1. The van der Waals surface area contributed by atoms with Crippen LogP contribution in [0.1, 0.15) is 24.5 Å². The molecule has 0 aliphatic heterocycles. The smallest absolute Gasteiger partial charge is 0.239 e. The van der Waals surface area contributed by atoms with Crippen molar-refractivity contribution in [2.45, 2.75) is 25.5 Å². The van der Waals surface area contributed by atoms with Gasteiger partial charge in [-0.2, -0.15) is 0 Å². The minimum Gasteiger partial charge on any atom is -0.273 e. The second kappa shape index (κ2) is 6.76. The third-order valence-electron chi connectivity index (χ3n) is 3.42. The predicted octanol–water partition coefficient (Wildman–Crippen LogP) is 3.61. The van der Waals surface area contributed by atoms with Gasteiger partial charge in [0.2, 0.25) is 10.0 Å². The number of hydrogen-bond acceptors (Lipinski definition) is 2. The van der Waals surface area contributed by atoms with E-state index in [9.17, 15) is 8.42 Å². The summed E-state index contributed by atoms with van der Waals surface area (Å²) in [6.45, 7) is 2.11. The molecule has 3 nitrogen and oxygen atoms in total. The fourth-order valence-corrected chi connectivity index (χ4v) is 3.48. The molecule has 0 spiro atoms. The van der Waals surface area contributed by atoms with Gasteiger partial charge in [-0.3, -0.25) is 4.31 Å². The highest BCUT2D eigenvalue weighted by molar-refractivity contribution is 7.92. The van der Waals surface area contributed by atoms with Crippen LogP contribution in [0.4, 0.5) is 5.69 Å². The Bertz CT molecular complexity index is 681. The van der Waals surface area contributed by atoms with Crippen molar-refractivity contribution >= 4 is 15.7 Å². The van der Waals surface area contributed by atoms with Gasteiger partial charge in [0.15, 0.2) is 0 Å². The molecule has 0 N–H and O–H groups in total. The quantitative estimate of drug-likeness (QED) is 0.817. The summed E-state index contributed by atoms with van der Waals surface area (Å²) in [6.07, 6.45) is 2.00. The Morgan fingerprint density at radius 2 is 1.62 bits per heavy atom. The van der Waals surface area contributed by atoms with Crippen LogP contribution in [0, 0.1) is 0 Å². The van der Waals surface area contributed by atoms with Crippen molar-refractivity contribution in [3.8, 4) is 0 Å². The van der Waals surface area contributed by atoms with Gasteiger partial charge in [-0.25, -0.2) is 8.42 Å². The van der Waals surface area contributed by atoms with Crippen LogP contribution in [-0.4, -0.2) is 15.5 Å². The summed E-state index contributed by atoms with van der Waals surface area (Å²) in [5.74, 6) is 0.0162. The first kappa shape index (κ1) is 15.6. The van der Waals surface area contributed by atoms with Crippen molar-refractivity contribution in [3.05, 3.63) is 65.7 Å². The topological polar surface area (TPSA) is 37.4 Å². The van der Waals surface area contributed by atoms with Gasteiger partial charge in [-0.05, 0) is 29.7 Å². The van der Waals surface area contributed by atoms with Crippen LogP contribution in [0.15, 0.2) is 54.6 Å². The normalized spacial score (nSPS) is 11.3. The predicted molar refractivity (Wildman–Crippen MR) is 87.9 cm³/mol. The number of nitrogens with zero attached hydrogens (tertiary/aromatic N) is 1. The number of anilines is 1. The zero-order chi connectivity index (χ0) is 15.3. The molecule has 0 bridgehead atoms. The van der Waals surface area contributed by atoms with Crippen LogP contribution in [0.3, 0.4) is 0 Å². The third-order valence-corrected chi connectivity index (χ3v) is 5.17. The SMILES string of the molecule is CCCc1cccc(N(C)S(=O)(=O)Cc2ccccc2)c1. The lowest BCUT2D eigenvalue weighted by Gasteiger charge is -2.20. The largest absolute Gasteiger partial charge is 0.273 e. The van der Waals surface area contributed by atoms with Crippen molar-refractivity contribution < 1.29 is 8.42 Å². The summed E-state index contributed by atoms with van der Waals surface area (Å²) >= 11 is 0. The van der Waals surface area contributed by atoms with Gasteiger partial charge in [-0.15, -0.1) is 0 Å². The lowest BCUT2D eigenvalue weighted by atomic mass is 10.1. The average Bonchev–Trinajstić information content (AvgIpc) is 2.48. The standard InChI is InChI=1S/C17H21NO2S/c1-3-8-15-11-7-12-17(13-15)18(2)21(19,20)14-16-9-5-4-6-10-16/h4-7,9-13H,3,8,14H2,1-2H3. The molecule has 0 saturated heterocycles. The minimum atomic E-state index is -3.36. The number of benzene rings is 2. The van der Waals surface area contributed by atoms with Crippen LogP contribution in [0.25, 0.3) is 0 Å². The lowest BCUT2D eigenvalue weighted by Crippen LogP contribution is -2.27. The monoisotopic (exact) mass is 303 g/mol. The highest BCUT2D eigenvalue weighted by Crippen LogP contribution is 2.21. The van der Waals surface area contributed by atoms with Gasteiger partial charge in [0.25, 0.3) is 0 Å². The summed E-state index contributed by atoms with van der Waals surface area (Å²) in [5.41, 5.74) is 2.68. The molecule has 0 unspecified atom stereocenters. The summed E-state index contributed by atoms with van der Waals surface area (Å²) in [4.78, 5) is 0. The van der Waals surface area contributed by atoms with Gasteiger partial charge in [0.1, 0.15) is 0 Å². The van der Waals surface area contributed by atoms with E-state index in [0.29, 0.717) is 0 Å². The van der Waals surface area contributed by atoms with Crippen LogP contribution in [-0.2, 0) is 22.2 Å². The molecule has 0 aromatic heterocycles. The Labute approximate surface area is 127 Å². The highest BCUT2D eigenvalue weighted by Gasteiger charge is 2.19. The molecule has 0 aliphatic rings. The fraction of sp³-hybridized carbons (Fsp3) is 0.294. The van der Waals surface area contributed by atoms with E-state index in [4.69, 9.17) is 0 Å². The molecule has 4 heteroatoms. The second-order valence-corrected chi connectivity index (χ2v) is 7.13. The molecular weight excluding hydrogens is 282 g/mol. The Hall–Kier alpha value is -1.81. The maximum atomic E-state index is 12.5. The Morgan fingerprint density at radius 1 is 0.952 bits per heavy atom. The van der Waals surface area contributed by atoms with Gasteiger partial charge >= 0.3 is 0 Å². The fourth-order valence-electron chi connectivity index (χ4n) is 2.24. The maximum absolute atomic E-state index is 12.5. The Kier molecular flexibility index (Phi) is 5.02. The van der Waals surface area contributed by atoms with Gasteiger partial charge in [0, 0.05) is 7.05 Å². The molecule has 0 atom stereocenters. The molecule has 0 radical (unpaired) electrons. The summed E-state index contributed by atoms with van der Waals surface area (Å²) in [5, 5.41) is 0. The van der Waals surface area contributed by atoms with E-state index in [0.717, 1.165) is 29.7 Å². The minimum absolute atomic E-state index is 0.0162. The molecule has 2 aromatic carbocycles. The Balaban J connectivity index is 2.21. The molecule has 112 valence electrons. The van der Waals surface area contributed by atoms with Crippen molar-refractivity contribution in [1.29, 1.82) is 0 Å². The maximum Gasteiger partial charge on any atom is 0.239 e. The summed E-state index contributed by atoms with van der Waals surface area (Å²) < 4.78 is 26.4. The third kappa shape index (κ3) is 4.08. The van der Waals surface area contributed by atoms with Gasteiger partial charge in [-0.1, -0.05) is 55.8 Å². The van der Waals surface area contributed by atoms with E-state index in [-0.39, 0.29) is 5.75 Å². The zero-order valence-electron chi connectivity index (χ0n) is 12.5. The van der Waals surface area contributed by atoms with E-state index >= 15 is 0 Å². The molecule has 21 heavy (non-hydrogen) atoms. The van der Waals surface area contributed by atoms with Crippen LogP contribution < -0.4 is 4.31 Å². The van der Waals surface area contributed by atoms with Crippen LogP contribution in [0.5, 0.6) is 0 Å². The molecule has 0 saturated carbocycles. The molecule has 0 fully saturated rings. The first-order valence-electron chi connectivity index (χ1n) is 7.12. The average molecular weight is 303 g/mol. The summed E-state index contributed by atoms with van der Waals surface area (Å²) in [6, 6.07) is 17.0. The molecule has 0 heterocycles. The lowest BCUT2D eigenvalue weighted by molar-refractivity contribution is 0.593. The molecule has 0 amide bonds. The number of rotatable bonds is 6. The second-order valence-electron chi connectivity index (χ2n) is 5.13. The molecule has 0 aliphatic carbocycles. The molecule has 2 aromatic rings.